The van der Waals surface area contributed by atoms with Crippen LogP contribution in [0.4, 0.5) is 22.0 Å². The first-order valence-corrected chi connectivity index (χ1v) is 8.61. The summed E-state index contributed by atoms with van der Waals surface area (Å²) in [6, 6.07) is 0. The van der Waals surface area contributed by atoms with Crippen molar-refractivity contribution in [2.45, 2.75) is 11.3 Å². The second kappa shape index (κ2) is 7.13. The van der Waals surface area contributed by atoms with Crippen LogP contribution in [0, 0.1) is 23.3 Å². The lowest BCUT2D eigenvalue weighted by Gasteiger charge is -2.12. The fourth-order valence-electron chi connectivity index (χ4n) is 1.95. The van der Waals surface area contributed by atoms with E-state index in [1.54, 1.807) is 4.72 Å². The van der Waals surface area contributed by atoms with Crippen LogP contribution >= 0.6 is 9.24 Å². The van der Waals surface area contributed by atoms with Crippen molar-refractivity contribution in [2.24, 2.45) is 0 Å². The molecule has 0 radical (unpaired) electrons. The van der Waals surface area contributed by atoms with Crippen LogP contribution in [0.25, 0.3) is 0 Å². The maximum absolute atomic E-state index is 14.0. The predicted octanol–water partition coefficient (Wildman–Crippen LogP) is 2.69. The van der Waals surface area contributed by atoms with E-state index >= 15 is 0 Å². The molecule has 0 saturated heterocycles. The number of rotatable bonds is 4. The van der Waals surface area contributed by atoms with Crippen LogP contribution in [0.1, 0.15) is 6.42 Å². The number of halogens is 5. The third-order valence-electron chi connectivity index (χ3n) is 3.18. The van der Waals surface area contributed by atoms with E-state index in [9.17, 15) is 30.4 Å². The molecule has 1 aromatic carbocycles. The molecule has 0 bridgehead atoms. The molecular formula is C14H11F5NO3PS. The van der Waals surface area contributed by atoms with E-state index in [1.165, 1.54) is 16.3 Å². The van der Waals surface area contributed by atoms with Gasteiger partial charge in [0.05, 0.1) is 7.11 Å². The molecule has 0 saturated carbocycles. The van der Waals surface area contributed by atoms with Crippen LogP contribution in [0.2, 0.25) is 0 Å². The Morgan fingerprint density at radius 1 is 1.04 bits per heavy atom. The van der Waals surface area contributed by atoms with Gasteiger partial charge in [-0.15, -0.1) is 0 Å². The van der Waals surface area contributed by atoms with Gasteiger partial charge in [0.2, 0.25) is 0 Å². The molecule has 1 aromatic rings. The zero-order valence-corrected chi connectivity index (χ0v) is 14.5. The summed E-state index contributed by atoms with van der Waals surface area (Å²) in [7, 11) is -2.31. The van der Waals surface area contributed by atoms with Gasteiger partial charge in [-0.3, -0.25) is 4.72 Å². The average Bonchev–Trinajstić information content (AvgIpc) is 2.72. The maximum atomic E-state index is 14.0. The van der Waals surface area contributed by atoms with Crippen LogP contribution in [0.3, 0.4) is 0 Å². The van der Waals surface area contributed by atoms with Crippen molar-refractivity contribution < 1.29 is 35.1 Å². The number of sulfonamides is 1. The molecule has 1 atom stereocenters. The highest BCUT2D eigenvalue weighted by molar-refractivity contribution is 7.89. The van der Waals surface area contributed by atoms with Gasteiger partial charge in [-0.25, -0.2) is 30.4 Å². The fraction of sp³-hybridized carbons (Fsp3) is 0.143. The van der Waals surface area contributed by atoms with Crippen molar-refractivity contribution in [3.05, 3.63) is 58.8 Å². The summed E-state index contributed by atoms with van der Waals surface area (Å²) in [5.74, 6) is -8.86. The molecule has 0 aromatic heterocycles. The first kappa shape index (κ1) is 19.4. The van der Waals surface area contributed by atoms with E-state index in [2.05, 4.69) is 0 Å². The minimum Gasteiger partial charge on any atom is -0.494 e. The topological polar surface area (TPSA) is 55.4 Å². The highest BCUT2D eigenvalue weighted by Crippen LogP contribution is 2.25. The Kier molecular flexibility index (Phi) is 5.53. The monoisotopic (exact) mass is 399 g/mol. The Morgan fingerprint density at radius 2 is 1.68 bits per heavy atom. The number of hydrogen-bond donors (Lipinski definition) is 1. The van der Waals surface area contributed by atoms with Crippen molar-refractivity contribution in [2.75, 3.05) is 7.11 Å². The standard InChI is InChI=1S/C14H11F5NO3PS/c1-23-8-5-3-6(2-4-7(8)15)20-25(21,22)14-11(18)9(16)10(17)13(24)12(14)19/h2-3,5,20H,4,24H2,1H3. The van der Waals surface area contributed by atoms with Gasteiger partial charge in [0.15, 0.2) is 33.9 Å². The third-order valence-corrected chi connectivity index (χ3v) is 5.09. The van der Waals surface area contributed by atoms with Crippen LogP contribution in [-0.4, -0.2) is 15.5 Å². The number of methoxy groups -OCH3 is 1. The lowest BCUT2D eigenvalue weighted by atomic mass is 10.3. The second-order valence-corrected chi connectivity index (χ2v) is 6.97. The highest BCUT2D eigenvalue weighted by atomic mass is 32.2. The van der Waals surface area contributed by atoms with E-state index in [0.29, 0.717) is 0 Å². The van der Waals surface area contributed by atoms with Gasteiger partial charge >= 0.3 is 0 Å². The van der Waals surface area contributed by atoms with Crippen molar-refractivity contribution >= 4 is 24.6 Å². The molecule has 0 aliphatic heterocycles. The Morgan fingerprint density at radius 3 is 2.28 bits per heavy atom. The predicted molar refractivity (Wildman–Crippen MR) is 82.9 cm³/mol. The van der Waals surface area contributed by atoms with Crippen LogP contribution in [-0.2, 0) is 14.8 Å². The Bertz CT molecular complexity index is 896. The van der Waals surface area contributed by atoms with Gasteiger partial charge in [0, 0.05) is 17.4 Å². The summed E-state index contributed by atoms with van der Waals surface area (Å²) in [6.45, 7) is 0. The molecule has 1 N–H and O–H groups in total. The summed E-state index contributed by atoms with van der Waals surface area (Å²) < 4.78 is 99.0. The molecule has 0 spiro atoms. The normalized spacial score (nSPS) is 15.1. The van der Waals surface area contributed by atoms with Gasteiger partial charge in [-0.05, 0) is 12.2 Å². The van der Waals surface area contributed by atoms with Crippen molar-refractivity contribution in [3.63, 3.8) is 0 Å². The number of benzene rings is 1. The van der Waals surface area contributed by atoms with Gasteiger partial charge in [-0.1, -0.05) is 15.3 Å². The second-order valence-electron chi connectivity index (χ2n) is 4.77. The molecule has 0 fully saturated rings. The van der Waals surface area contributed by atoms with Crippen LogP contribution in [0.15, 0.2) is 40.4 Å². The Hall–Kier alpha value is -1.93. The number of ether oxygens (including phenoxy) is 1. The van der Waals surface area contributed by atoms with Gasteiger partial charge in [-0.2, -0.15) is 0 Å². The summed E-state index contributed by atoms with van der Waals surface area (Å²) in [5, 5.41) is -1.07. The summed E-state index contributed by atoms with van der Waals surface area (Å²) in [6.07, 6.45) is 2.90. The van der Waals surface area contributed by atoms with Gasteiger partial charge < -0.3 is 4.74 Å². The van der Waals surface area contributed by atoms with Crippen molar-refractivity contribution in [3.8, 4) is 0 Å². The minimum absolute atomic E-state index is 0.164. The summed E-state index contributed by atoms with van der Waals surface area (Å²) >= 11 is 0. The average molecular weight is 399 g/mol. The Labute approximate surface area is 142 Å². The lowest BCUT2D eigenvalue weighted by Crippen LogP contribution is -2.28. The van der Waals surface area contributed by atoms with E-state index in [1.807, 2.05) is 0 Å². The molecule has 11 heteroatoms. The first-order chi connectivity index (χ1) is 11.6. The maximum Gasteiger partial charge on any atom is 0.267 e. The SMILES string of the molecule is COC1=C(F)CC=C(NS(=O)(=O)c2c(F)c(F)c(F)c(P)c2F)C=C1. The molecular weight excluding hydrogens is 388 g/mol. The highest BCUT2D eigenvalue weighted by Gasteiger charge is 2.32. The quantitative estimate of drug-likeness (QED) is 0.367. The number of nitrogens with one attached hydrogen (secondary N) is 1. The smallest absolute Gasteiger partial charge is 0.267 e. The molecule has 4 nitrogen and oxygen atoms in total. The molecule has 25 heavy (non-hydrogen) atoms. The zero-order chi connectivity index (χ0) is 18.9. The number of allylic oxidation sites excluding steroid dienone is 4. The van der Waals surface area contributed by atoms with Crippen LogP contribution < -0.4 is 10.0 Å². The van der Waals surface area contributed by atoms with Crippen molar-refractivity contribution in [1.29, 1.82) is 0 Å². The van der Waals surface area contributed by atoms with E-state index in [0.717, 1.165) is 18.2 Å². The first-order valence-electron chi connectivity index (χ1n) is 6.55. The third kappa shape index (κ3) is 3.69. The molecule has 1 unspecified atom stereocenters. The van der Waals surface area contributed by atoms with Gasteiger partial charge in [0.25, 0.3) is 10.0 Å². The summed E-state index contributed by atoms with van der Waals surface area (Å²) in [5.41, 5.74) is -0.240. The van der Waals surface area contributed by atoms with E-state index in [4.69, 9.17) is 4.74 Å². The molecule has 2 rings (SSSR count). The van der Waals surface area contributed by atoms with E-state index < -0.39 is 49.3 Å². The number of hydrogen-bond acceptors (Lipinski definition) is 3. The lowest BCUT2D eigenvalue weighted by molar-refractivity contribution is 0.289. The van der Waals surface area contributed by atoms with Crippen LogP contribution in [0.5, 0.6) is 0 Å². The fourth-order valence-corrected chi connectivity index (χ4v) is 3.56. The molecule has 0 heterocycles. The Balaban J connectivity index is 2.46. The summed E-state index contributed by atoms with van der Waals surface area (Å²) in [4.78, 5) is -1.68. The molecule has 136 valence electrons. The largest absolute Gasteiger partial charge is 0.494 e. The zero-order valence-electron chi connectivity index (χ0n) is 12.5. The van der Waals surface area contributed by atoms with Crippen molar-refractivity contribution in [1.82, 2.24) is 4.72 Å². The molecule has 1 aliphatic rings. The van der Waals surface area contributed by atoms with E-state index in [-0.39, 0.29) is 17.9 Å². The van der Waals surface area contributed by atoms with Gasteiger partial charge in [0.1, 0.15) is 5.83 Å². The molecule has 0 amide bonds. The molecule has 1 aliphatic carbocycles. The minimum atomic E-state index is -4.96.